The van der Waals surface area contributed by atoms with Gasteiger partial charge in [0.25, 0.3) is 0 Å². The van der Waals surface area contributed by atoms with Gasteiger partial charge in [0.05, 0.1) is 0 Å². The van der Waals surface area contributed by atoms with Crippen LogP contribution in [0.25, 0.3) is 0 Å². The lowest BCUT2D eigenvalue weighted by Gasteiger charge is -2.42. The maximum Gasteiger partial charge on any atom is 0.0169 e. The first kappa shape index (κ1) is 12.0. The van der Waals surface area contributed by atoms with Gasteiger partial charge >= 0.3 is 0 Å². The Bertz CT molecular complexity index is 162. The number of nitrogens with zero attached hydrogens (tertiary/aromatic N) is 1. The van der Waals surface area contributed by atoms with Gasteiger partial charge in [0.15, 0.2) is 0 Å². The van der Waals surface area contributed by atoms with Gasteiger partial charge < -0.3 is 11.1 Å². The molecule has 0 aromatic rings. The molecule has 0 bridgehead atoms. The summed E-state index contributed by atoms with van der Waals surface area (Å²) in [7, 11) is 0. The van der Waals surface area contributed by atoms with Gasteiger partial charge in [-0.3, -0.25) is 4.90 Å². The lowest BCUT2D eigenvalue weighted by atomic mass is 9.92. The van der Waals surface area contributed by atoms with Crippen molar-refractivity contribution in [1.29, 1.82) is 0 Å². The van der Waals surface area contributed by atoms with Gasteiger partial charge in [0.1, 0.15) is 0 Å². The Morgan fingerprint density at radius 1 is 1.36 bits per heavy atom. The molecule has 0 spiro atoms. The van der Waals surface area contributed by atoms with E-state index in [0.29, 0.717) is 6.04 Å². The average Bonchev–Trinajstić information content (AvgIpc) is 2.18. The molecule has 0 amide bonds. The van der Waals surface area contributed by atoms with Crippen molar-refractivity contribution in [2.45, 2.75) is 45.2 Å². The minimum absolute atomic E-state index is 0.261. The van der Waals surface area contributed by atoms with Crippen LogP contribution in [0.15, 0.2) is 0 Å². The molecule has 1 rings (SSSR count). The second-order valence-electron chi connectivity index (χ2n) is 4.92. The van der Waals surface area contributed by atoms with E-state index in [1.54, 1.807) is 0 Å². The largest absolute Gasteiger partial charge is 0.328 e. The van der Waals surface area contributed by atoms with Crippen molar-refractivity contribution in [1.82, 2.24) is 10.2 Å². The Balaban J connectivity index is 2.45. The molecule has 0 saturated carbocycles. The molecule has 0 aromatic carbocycles. The molecule has 1 fully saturated rings. The van der Waals surface area contributed by atoms with Crippen molar-refractivity contribution in [3.63, 3.8) is 0 Å². The minimum atomic E-state index is 0.261. The molecule has 14 heavy (non-hydrogen) atoms. The summed E-state index contributed by atoms with van der Waals surface area (Å²) in [6, 6.07) is 0.347. The topological polar surface area (TPSA) is 41.3 Å². The lowest BCUT2D eigenvalue weighted by Crippen LogP contribution is -2.55. The molecule has 1 aliphatic heterocycles. The van der Waals surface area contributed by atoms with Gasteiger partial charge in [0.2, 0.25) is 0 Å². The first-order valence-electron chi connectivity index (χ1n) is 5.77. The van der Waals surface area contributed by atoms with E-state index in [2.05, 4.69) is 31.0 Å². The molecule has 1 unspecified atom stereocenters. The fourth-order valence-electron chi connectivity index (χ4n) is 2.19. The van der Waals surface area contributed by atoms with Crippen molar-refractivity contribution < 1.29 is 0 Å². The summed E-state index contributed by atoms with van der Waals surface area (Å²) in [5.41, 5.74) is 6.28. The van der Waals surface area contributed by atoms with E-state index < -0.39 is 0 Å². The number of hydrogen-bond donors (Lipinski definition) is 2. The van der Waals surface area contributed by atoms with Crippen LogP contribution in [0.4, 0.5) is 0 Å². The summed E-state index contributed by atoms with van der Waals surface area (Å²) in [5.74, 6) is 0. The van der Waals surface area contributed by atoms with Crippen LogP contribution < -0.4 is 11.1 Å². The van der Waals surface area contributed by atoms with Gasteiger partial charge in [0, 0.05) is 37.8 Å². The number of rotatable bonds is 4. The fourth-order valence-corrected chi connectivity index (χ4v) is 2.19. The second-order valence-corrected chi connectivity index (χ2v) is 4.92. The van der Waals surface area contributed by atoms with Crippen LogP contribution >= 0.6 is 0 Å². The van der Waals surface area contributed by atoms with Crippen LogP contribution in [0.1, 0.15) is 33.6 Å². The Kier molecular flexibility index (Phi) is 4.35. The Labute approximate surface area is 88.0 Å². The smallest absolute Gasteiger partial charge is 0.0169 e. The molecule has 84 valence electrons. The zero-order chi connectivity index (χ0) is 10.6. The van der Waals surface area contributed by atoms with Gasteiger partial charge in [-0.2, -0.15) is 0 Å². The van der Waals surface area contributed by atoms with E-state index >= 15 is 0 Å². The molecule has 0 aliphatic carbocycles. The van der Waals surface area contributed by atoms with Gasteiger partial charge in [-0.05, 0) is 26.7 Å². The van der Waals surface area contributed by atoms with E-state index in [0.717, 1.165) is 39.0 Å². The van der Waals surface area contributed by atoms with Crippen molar-refractivity contribution in [3.05, 3.63) is 0 Å². The van der Waals surface area contributed by atoms with Crippen LogP contribution in [-0.2, 0) is 0 Å². The highest BCUT2D eigenvalue weighted by molar-refractivity contribution is 4.87. The van der Waals surface area contributed by atoms with E-state index in [1.165, 1.54) is 0 Å². The molecule has 1 heterocycles. The zero-order valence-electron chi connectivity index (χ0n) is 9.84. The number of piperazine rings is 1. The highest BCUT2D eigenvalue weighted by atomic mass is 15.2. The van der Waals surface area contributed by atoms with Crippen LogP contribution in [-0.4, -0.2) is 42.7 Å². The Hall–Kier alpha value is -0.120. The van der Waals surface area contributed by atoms with E-state index in [4.69, 9.17) is 5.73 Å². The van der Waals surface area contributed by atoms with Crippen molar-refractivity contribution >= 4 is 0 Å². The third-order valence-corrected chi connectivity index (χ3v) is 3.26. The molecule has 0 aromatic heterocycles. The second kappa shape index (κ2) is 5.10. The van der Waals surface area contributed by atoms with Crippen molar-refractivity contribution in [2.24, 2.45) is 5.73 Å². The van der Waals surface area contributed by atoms with Crippen LogP contribution in [0.5, 0.6) is 0 Å². The number of nitrogens with two attached hydrogens (primary N) is 1. The third kappa shape index (κ3) is 3.23. The van der Waals surface area contributed by atoms with Crippen molar-refractivity contribution in [3.8, 4) is 0 Å². The third-order valence-electron chi connectivity index (χ3n) is 3.26. The molecular formula is C11H25N3. The standard InChI is InChI=1S/C11H25N3/c1-4-10(12)9-11(2,3)14-7-5-13-6-8-14/h10,13H,4-9,12H2,1-3H3. The summed E-state index contributed by atoms with van der Waals surface area (Å²) in [5, 5.41) is 3.38. The number of hydrogen-bond acceptors (Lipinski definition) is 3. The first-order valence-corrected chi connectivity index (χ1v) is 5.77. The SMILES string of the molecule is CCC(N)CC(C)(C)N1CCNCC1. The molecule has 0 radical (unpaired) electrons. The number of nitrogens with one attached hydrogen (secondary N) is 1. The van der Waals surface area contributed by atoms with Gasteiger partial charge in [-0.15, -0.1) is 0 Å². The van der Waals surface area contributed by atoms with E-state index in [1.807, 2.05) is 0 Å². The summed E-state index contributed by atoms with van der Waals surface area (Å²) >= 11 is 0. The molecule has 1 atom stereocenters. The van der Waals surface area contributed by atoms with Crippen molar-refractivity contribution in [2.75, 3.05) is 26.2 Å². The Morgan fingerprint density at radius 3 is 2.43 bits per heavy atom. The molecule has 3 heteroatoms. The highest BCUT2D eigenvalue weighted by Crippen LogP contribution is 2.21. The summed E-state index contributed by atoms with van der Waals surface area (Å²) in [6.45, 7) is 11.3. The maximum atomic E-state index is 6.02. The van der Waals surface area contributed by atoms with E-state index in [9.17, 15) is 0 Å². The van der Waals surface area contributed by atoms with Crippen LogP contribution in [0, 0.1) is 0 Å². The Morgan fingerprint density at radius 2 is 1.93 bits per heavy atom. The molecular weight excluding hydrogens is 174 g/mol. The first-order chi connectivity index (χ1) is 6.56. The average molecular weight is 199 g/mol. The summed E-state index contributed by atoms with van der Waals surface area (Å²) in [6.07, 6.45) is 2.18. The highest BCUT2D eigenvalue weighted by Gasteiger charge is 2.28. The van der Waals surface area contributed by atoms with E-state index in [-0.39, 0.29) is 5.54 Å². The maximum absolute atomic E-state index is 6.02. The normalized spacial score (nSPS) is 22.3. The van der Waals surface area contributed by atoms with Crippen LogP contribution in [0.3, 0.4) is 0 Å². The monoisotopic (exact) mass is 199 g/mol. The minimum Gasteiger partial charge on any atom is -0.328 e. The predicted octanol–water partition coefficient (Wildman–Crippen LogP) is 0.798. The fraction of sp³-hybridized carbons (Fsp3) is 1.00. The lowest BCUT2D eigenvalue weighted by molar-refractivity contribution is 0.0890. The van der Waals surface area contributed by atoms with Gasteiger partial charge in [-0.25, -0.2) is 0 Å². The van der Waals surface area contributed by atoms with Gasteiger partial charge in [-0.1, -0.05) is 6.92 Å². The quantitative estimate of drug-likeness (QED) is 0.703. The van der Waals surface area contributed by atoms with Crippen LogP contribution in [0.2, 0.25) is 0 Å². The summed E-state index contributed by atoms with van der Waals surface area (Å²) < 4.78 is 0. The zero-order valence-corrected chi connectivity index (χ0v) is 9.84. The molecule has 3 N–H and O–H groups in total. The molecule has 3 nitrogen and oxygen atoms in total. The predicted molar refractivity (Wildman–Crippen MR) is 61.4 cm³/mol. The molecule has 1 aliphatic rings. The summed E-state index contributed by atoms with van der Waals surface area (Å²) in [4.78, 5) is 2.55. The molecule has 1 saturated heterocycles.